The van der Waals surface area contributed by atoms with E-state index in [1.165, 1.54) is 11.7 Å². The topological polar surface area (TPSA) is 96.5 Å². The van der Waals surface area contributed by atoms with Crippen LogP contribution in [0.1, 0.15) is 17.5 Å². The number of ether oxygens (including phenoxy) is 2. The molecular weight excluding hydrogens is 218 g/mol. The summed E-state index contributed by atoms with van der Waals surface area (Å²) in [6.07, 6.45) is 1.12. The van der Waals surface area contributed by atoms with Gasteiger partial charge in [0.2, 0.25) is 0 Å². The van der Waals surface area contributed by atoms with Crippen molar-refractivity contribution < 1.29 is 19.2 Å². The molecular formula is C8H11N3O5. The first kappa shape index (κ1) is 12.1. The van der Waals surface area contributed by atoms with Crippen molar-refractivity contribution in [1.82, 2.24) is 9.55 Å². The largest absolute Gasteiger partial charge is 0.458 e. The predicted octanol–water partition coefficient (Wildman–Crippen LogP) is 0.572. The molecule has 0 fully saturated rings. The van der Waals surface area contributed by atoms with Crippen LogP contribution in [0.3, 0.4) is 0 Å². The van der Waals surface area contributed by atoms with Gasteiger partial charge in [-0.2, -0.15) is 0 Å². The van der Waals surface area contributed by atoms with E-state index in [-0.39, 0.29) is 19.2 Å². The molecule has 1 aromatic rings. The zero-order valence-electron chi connectivity index (χ0n) is 8.87. The fourth-order valence-electron chi connectivity index (χ4n) is 1.09. The third kappa shape index (κ3) is 2.54. The quantitative estimate of drug-likeness (QED) is 0.416. The van der Waals surface area contributed by atoms with Crippen LogP contribution < -0.4 is 0 Å². The van der Waals surface area contributed by atoms with Gasteiger partial charge in [0.1, 0.15) is 12.9 Å². The highest BCUT2D eigenvalue weighted by Crippen LogP contribution is 2.12. The predicted molar refractivity (Wildman–Crippen MR) is 51.8 cm³/mol. The van der Waals surface area contributed by atoms with Gasteiger partial charge in [-0.1, -0.05) is 0 Å². The molecule has 0 bridgehead atoms. The molecule has 0 saturated carbocycles. The van der Waals surface area contributed by atoms with Gasteiger partial charge in [0.15, 0.2) is 0 Å². The average Bonchev–Trinajstić information content (AvgIpc) is 2.63. The van der Waals surface area contributed by atoms with Crippen LogP contribution in [0.15, 0.2) is 6.20 Å². The van der Waals surface area contributed by atoms with Gasteiger partial charge in [0, 0.05) is 7.11 Å². The highest BCUT2D eigenvalue weighted by molar-refractivity contribution is 5.85. The Hall–Kier alpha value is -1.96. The third-order valence-corrected chi connectivity index (χ3v) is 1.68. The minimum absolute atomic E-state index is 0.00497. The summed E-state index contributed by atoms with van der Waals surface area (Å²) in [5.74, 6) is -1.27. The number of carbonyl (C=O) groups is 1. The highest BCUT2D eigenvalue weighted by Gasteiger charge is 2.25. The molecule has 8 nitrogen and oxygen atoms in total. The maximum atomic E-state index is 11.4. The summed E-state index contributed by atoms with van der Waals surface area (Å²) in [7, 11) is 1.40. The number of hydrogen-bond acceptors (Lipinski definition) is 6. The molecule has 0 saturated heterocycles. The average molecular weight is 229 g/mol. The molecule has 0 spiro atoms. The van der Waals surface area contributed by atoms with E-state index < -0.39 is 16.7 Å². The molecule has 8 heteroatoms. The minimum Gasteiger partial charge on any atom is -0.458 e. The van der Waals surface area contributed by atoms with Crippen molar-refractivity contribution in [1.29, 1.82) is 0 Å². The second kappa shape index (κ2) is 5.21. The van der Waals surface area contributed by atoms with E-state index in [1.54, 1.807) is 6.92 Å². The number of methoxy groups -OCH3 is 1. The van der Waals surface area contributed by atoms with Crippen LogP contribution in [-0.2, 0) is 16.2 Å². The summed E-state index contributed by atoms with van der Waals surface area (Å²) in [5.41, 5.74) is 0. The lowest BCUT2D eigenvalue weighted by atomic mass is 10.6. The van der Waals surface area contributed by atoms with Crippen molar-refractivity contribution in [3.05, 3.63) is 22.1 Å². The van der Waals surface area contributed by atoms with E-state index in [0.717, 1.165) is 6.20 Å². The second-order valence-electron chi connectivity index (χ2n) is 2.79. The van der Waals surface area contributed by atoms with E-state index in [4.69, 9.17) is 9.47 Å². The molecule has 0 aromatic carbocycles. The van der Waals surface area contributed by atoms with Gasteiger partial charge in [-0.3, -0.25) is 4.57 Å². The van der Waals surface area contributed by atoms with E-state index in [0.29, 0.717) is 0 Å². The molecule has 0 atom stereocenters. The number of carbonyl (C=O) groups excluding carboxylic acids is 1. The summed E-state index contributed by atoms with van der Waals surface area (Å²) in [6, 6.07) is 0. The maximum Gasteiger partial charge on any atom is 0.401 e. The lowest BCUT2D eigenvalue weighted by Gasteiger charge is -2.01. The Kier molecular flexibility index (Phi) is 3.95. The molecule has 1 heterocycles. The fourth-order valence-corrected chi connectivity index (χ4v) is 1.09. The number of nitro groups is 1. The molecule has 1 aromatic heterocycles. The molecule has 0 aliphatic heterocycles. The minimum atomic E-state index is -0.715. The second-order valence-corrected chi connectivity index (χ2v) is 2.79. The standard InChI is InChI=1S/C8H11N3O5/c1-3-16-8(12)7-9-6(11(13)14)4-10(7)5-15-2/h4H,3,5H2,1-2H3. The number of nitrogens with zero attached hydrogens (tertiary/aromatic N) is 3. The fraction of sp³-hybridized carbons (Fsp3) is 0.500. The molecule has 0 aliphatic carbocycles. The van der Waals surface area contributed by atoms with Gasteiger partial charge < -0.3 is 19.6 Å². The number of esters is 1. The van der Waals surface area contributed by atoms with Gasteiger partial charge in [-0.25, -0.2) is 4.79 Å². The van der Waals surface area contributed by atoms with Crippen molar-refractivity contribution >= 4 is 11.8 Å². The van der Waals surface area contributed by atoms with Gasteiger partial charge >= 0.3 is 17.6 Å². The molecule has 0 unspecified atom stereocenters. The van der Waals surface area contributed by atoms with Crippen LogP contribution in [0, 0.1) is 10.1 Å². The summed E-state index contributed by atoms with van der Waals surface area (Å²) < 4.78 is 10.7. The first-order chi connectivity index (χ1) is 7.60. The van der Waals surface area contributed by atoms with Crippen molar-refractivity contribution in [3.63, 3.8) is 0 Å². The molecule has 88 valence electrons. The zero-order chi connectivity index (χ0) is 12.1. The Labute approximate surface area is 90.9 Å². The van der Waals surface area contributed by atoms with Gasteiger partial charge in [-0.05, 0) is 16.8 Å². The summed E-state index contributed by atoms with van der Waals surface area (Å²) in [4.78, 5) is 24.8. The van der Waals surface area contributed by atoms with Crippen molar-refractivity contribution in [2.24, 2.45) is 0 Å². The van der Waals surface area contributed by atoms with Crippen molar-refractivity contribution in [3.8, 4) is 0 Å². The van der Waals surface area contributed by atoms with Crippen LogP contribution >= 0.6 is 0 Å². The van der Waals surface area contributed by atoms with Gasteiger partial charge in [0.05, 0.1) is 6.61 Å². The van der Waals surface area contributed by atoms with Crippen LogP contribution in [0.25, 0.3) is 0 Å². The molecule has 0 amide bonds. The number of rotatable bonds is 5. The summed E-state index contributed by atoms with van der Waals surface area (Å²) in [5, 5.41) is 10.5. The number of hydrogen-bond donors (Lipinski definition) is 0. The Morgan fingerprint density at radius 3 is 2.88 bits per heavy atom. The molecule has 0 aliphatic rings. The van der Waals surface area contributed by atoms with E-state index in [1.807, 2.05) is 0 Å². The smallest absolute Gasteiger partial charge is 0.401 e. The van der Waals surface area contributed by atoms with Crippen LogP contribution in [0.2, 0.25) is 0 Å². The monoisotopic (exact) mass is 229 g/mol. The maximum absolute atomic E-state index is 11.4. The van der Waals surface area contributed by atoms with Crippen LogP contribution in [-0.4, -0.2) is 34.2 Å². The van der Waals surface area contributed by atoms with Crippen molar-refractivity contribution in [2.75, 3.05) is 13.7 Å². The van der Waals surface area contributed by atoms with Gasteiger partial charge in [0.25, 0.3) is 0 Å². The summed E-state index contributed by atoms with van der Waals surface area (Å²) in [6.45, 7) is 1.80. The lowest BCUT2D eigenvalue weighted by Crippen LogP contribution is -2.13. The van der Waals surface area contributed by atoms with Crippen LogP contribution in [0.4, 0.5) is 5.82 Å². The SMILES string of the molecule is CCOC(=O)c1nc([N+](=O)[O-])cn1COC. The molecule has 0 radical (unpaired) electrons. The molecule has 0 N–H and O–H groups in total. The Morgan fingerprint density at radius 2 is 2.38 bits per heavy atom. The van der Waals surface area contributed by atoms with E-state index >= 15 is 0 Å². The Morgan fingerprint density at radius 1 is 1.69 bits per heavy atom. The summed E-state index contributed by atoms with van der Waals surface area (Å²) >= 11 is 0. The number of imidazole rings is 1. The molecule has 1 rings (SSSR count). The third-order valence-electron chi connectivity index (χ3n) is 1.68. The Bertz CT molecular complexity index is 400. The first-order valence-electron chi connectivity index (χ1n) is 4.47. The van der Waals surface area contributed by atoms with Crippen molar-refractivity contribution in [2.45, 2.75) is 13.7 Å². The van der Waals surface area contributed by atoms with E-state index in [2.05, 4.69) is 4.98 Å². The van der Waals surface area contributed by atoms with Crippen LogP contribution in [0.5, 0.6) is 0 Å². The molecule has 16 heavy (non-hydrogen) atoms. The van der Waals surface area contributed by atoms with Gasteiger partial charge in [-0.15, -0.1) is 0 Å². The lowest BCUT2D eigenvalue weighted by molar-refractivity contribution is -0.389. The zero-order valence-corrected chi connectivity index (χ0v) is 8.87. The number of aromatic nitrogens is 2. The Balaban J connectivity index is 3.04. The first-order valence-corrected chi connectivity index (χ1v) is 4.47. The van der Waals surface area contributed by atoms with E-state index in [9.17, 15) is 14.9 Å². The normalized spacial score (nSPS) is 10.1. The highest BCUT2D eigenvalue weighted by atomic mass is 16.6.